The van der Waals surface area contributed by atoms with Gasteiger partial charge in [-0.15, -0.1) is 0 Å². The van der Waals surface area contributed by atoms with E-state index in [2.05, 4.69) is 5.32 Å². The Kier molecular flexibility index (Phi) is 4.69. The van der Waals surface area contributed by atoms with Crippen molar-refractivity contribution in [2.24, 2.45) is 5.92 Å². The number of hydrogen-bond acceptors (Lipinski definition) is 3. The van der Waals surface area contributed by atoms with Crippen LogP contribution in [0.3, 0.4) is 0 Å². The van der Waals surface area contributed by atoms with E-state index in [0.717, 1.165) is 12.8 Å². The van der Waals surface area contributed by atoms with E-state index in [1.165, 1.54) is 12.8 Å². The van der Waals surface area contributed by atoms with Gasteiger partial charge in [0.25, 0.3) is 0 Å². The fourth-order valence-corrected chi connectivity index (χ4v) is 3.20. The van der Waals surface area contributed by atoms with Gasteiger partial charge in [0.2, 0.25) is 0 Å². The number of nitrogens with zero attached hydrogens (tertiary/aromatic N) is 1. The number of para-hydroxylation sites is 2. The van der Waals surface area contributed by atoms with Gasteiger partial charge in [-0.1, -0.05) is 12.1 Å². The first kappa shape index (κ1) is 15.6. The molecule has 2 aliphatic rings. The van der Waals surface area contributed by atoms with E-state index in [1.54, 1.807) is 4.90 Å². The van der Waals surface area contributed by atoms with Crippen LogP contribution in [-0.2, 0) is 4.79 Å². The van der Waals surface area contributed by atoms with Crippen LogP contribution < -0.4 is 10.1 Å². The molecular formula is C17H22N2O4. The van der Waals surface area contributed by atoms with E-state index >= 15 is 0 Å². The molecule has 124 valence electrons. The third-order valence-electron chi connectivity index (χ3n) is 4.55. The molecule has 1 saturated heterocycles. The van der Waals surface area contributed by atoms with E-state index in [-0.39, 0.29) is 18.7 Å². The summed E-state index contributed by atoms with van der Waals surface area (Å²) in [6.45, 7) is 0.723. The van der Waals surface area contributed by atoms with Gasteiger partial charge < -0.3 is 20.1 Å². The zero-order valence-corrected chi connectivity index (χ0v) is 13.0. The van der Waals surface area contributed by atoms with Crippen LogP contribution in [0.25, 0.3) is 0 Å². The Morgan fingerprint density at radius 3 is 2.61 bits per heavy atom. The van der Waals surface area contributed by atoms with Crippen LogP contribution in [0.1, 0.15) is 32.1 Å². The summed E-state index contributed by atoms with van der Waals surface area (Å²) in [5.41, 5.74) is 0.642. The van der Waals surface area contributed by atoms with Crippen molar-refractivity contribution in [1.29, 1.82) is 0 Å². The minimum atomic E-state index is -0.842. The molecule has 6 heteroatoms. The Labute approximate surface area is 135 Å². The van der Waals surface area contributed by atoms with Crippen LogP contribution in [0.15, 0.2) is 24.3 Å². The van der Waals surface area contributed by atoms with Gasteiger partial charge in [0.05, 0.1) is 17.7 Å². The maximum absolute atomic E-state index is 12.3. The Balaban J connectivity index is 1.63. The second-order valence-electron chi connectivity index (χ2n) is 6.22. The molecule has 1 heterocycles. The van der Waals surface area contributed by atoms with E-state index in [1.807, 2.05) is 24.3 Å². The second-order valence-corrected chi connectivity index (χ2v) is 6.22. The molecule has 1 aliphatic heterocycles. The highest BCUT2D eigenvalue weighted by molar-refractivity contribution is 5.91. The molecule has 1 aromatic carbocycles. The lowest BCUT2D eigenvalue weighted by molar-refractivity contribution is -0.141. The van der Waals surface area contributed by atoms with Crippen LogP contribution in [0, 0.1) is 5.92 Å². The van der Waals surface area contributed by atoms with Crippen molar-refractivity contribution in [3.63, 3.8) is 0 Å². The third-order valence-corrected chi connectivity index (χ3v) is 4.55. The van der Waals surface area contributed by atoms with Crippen molar-refractivity contribution in [3.8, 4) is 5.75 Å². The van der Waals surface area contributed by atoms with Crippen molar-refractivity contribution in [1.82, 2.24) is 4.90 Å². The lowest BCUT2D eigenvalue weighted by Crippen LogP contribution is -2.34. The van der Waals surface area contributed by atoms with Crippen molar-refractivity contribution in [3.05, 3.63) is 24.3 Å². The minimum absolute atomic E-state index is 0.219. The van der Waals surface area contributed by atoms with Gasteiger partial charge in [-0.25, -0.2) is 4.79 Å². The fourth-order valence-electron chi connectivity index (χ4n) is 3.20. The standard InChI is InChI=1S/C17H22N2O4/c20-16(21)12-9-10-19(11-12)17(22)18-14-7-3-4-8-15(14)23-13-5-1-2-6-13/h3-4,7-8,12-13H,1-2,5-6,9-11H2,(H,18,22)(H,20,21). The number of hydrogen-bond donors (Lipinski definition) is 2. The number of rotatable bonds is 4. The fraction of sp³-hybridized carbons (Fsp3) is 0.529. The summed E-state index contributed by atoms with van der Waals surface area (Å²) in [6.07, 6.45) is 5.19. The maximum Gasteiger partial charge on any atom is 0.321 e. The number of likely N-dealkylation sites (tertiary alicyclic amines) is 1. The monoisotopic (exact) mass is 318 g/mol. The molecule has 1 aliphatic carbocycles. The van der Waals surface area contributed by atoms with Crippen LogP contribution >= 0.6 is 0 Å². The molecule has 1 atom stereocenters. The zero-order valence-electron chi connectivity index (χ0n) is 13.0. The summed E-state index contributed by atoms with van der Waals surface area (Å²) in [6, 6.07) is 7.14. The second kappa shape index (κ2) is 6.89. The van der Waals surface area contributed by atoms with E-state index in [0.29, 0.717) is 24.4 Å². The van der Waals surface area contributed by atoms with Gasteiger partial charge in [0, 0.05) is 13.1 Å². The number of benzene rings is 1. The highest BCUT2D eigenvalue weighted by atomic mass is 16.5. The lowest BCUT2D eigenvalue weighted by atomic mass is 10.1. The van der Waals surface area contributed by atoms with Crippen molar-refractivity contribution in [2.45, 2.75) is 38.2 Å². The SMILES string of the molecule is O=C(O)C1CCN(C(=O)Nc2ccccc2OC2CCCC2)C1. The first-order valence-electron chi connectivity index (χ1n) is 8.18. The van der Waals surface area contributed by atoms with Gasteiger partial charge in [0.1, 0.15) is 5.75 Å². The molecule has 23 heavy (non-hydrogen) atoms. The average molecular weight is 318 g/mol. The van der Waals surface area contributed by atoms with Gasteiger partial charge in [0.15, 0.2) is 0 Å². The molecule has 1 unspecified atom stereocenters. The van der Waals surface area contributed by atoms with Crippen LogP contribution in [0.5, 0.6) is 5.75 Å². The van der Waals surface area contributed by atoms with Gasteiger partial charge in [-0.05, 0) is 44.2 Å². The van der Waals surface area contributed by atoms with Crippen LogP contribution in [0.2, 0.25) is 0 Å². The zero-order chi connectivity index (χ0) is 16.2. The molecular weight excluding hydrogens is 296 g/mol. The molecule has 6 nitrogen and oxygen atoms in total. The molecule has 0 radical (unpaired) electrons. The van der Waals surface area contributed by atoms with Crippen molar-refractivity contribution in [2.75, 3.05) is 18.4 Å². The number of urea groups is 1. The van der Waals surface area contributed by atoms with Gasteiger partial charge >= 0.3 is 12.0 Å². The number of aliphatic carboxylic acids is 1. The number of anilines is 1. The first-order chi connectivity index (χ1) is 11.1. The van der Waals surface area contributed by atoms with Gasteiger partial charge in [-0.2, -0.15) is 0 Å². The highest BCUT2D eigenvalue weighted by Gasteiger charge is 2.31. The topological polar surface area (TPSA) is 78.9 Å². The van der Waals surface area contributed by atoms with Crippen LogP contribution in [-0.4, -0.2) is 41.2 Å². The third kappa shape index (κ3) is 3.75. The Morgan fingerprint density at radius 1 is 1.17 bits per heavy atom. The van der Waals surface area contributed by atoms with Crippen LogP contribution in [0.4, 0.5) is 10.5 Å². The average Bonchev–Trinajstić information content (AvgIpc) is 3.20. The summed E-state index contributed by atoms with van der Waals surface area (Å²) in [7, 11) is 0. The summed E-state index contributed by atoms with van der Waals surface area (Å²) >= 11 is 0. The lowest BCUT2D eigenvalue weighted by Gasteiger charge is -2.20. The molecule has 0 spiro atoms. The number of ether oxygens (including phenoxy) is 1. The molecule has 3 rings (SSSR count). The predicted molar refractivity (Wildman–Crippen MR) is 85.7 cm³/mol. The number of carboxylic acids is 1. The van der Waals surface area contributed by atoms with E-state index in [4.69, 9.17) is 9.84 Å². The number of carbonyl (C=O) groups excluding carboxylic acids is 1. The summed E-state index contributed by atoms with van der Waals surface area (Å²) < 4.78 is 6.00. The highest BCUT2D eigenvalue weighted by Crippen LogP contribution is 2.30. The summed E-state index contributed by atoms with van der Waals surface area (Å²) in [4.78, 5) is 24.9. The number of nitrogens with one attached hydrogen (secondary N) is 1. The van der Waals surface area contributed by atoms with E-state index in [9.17, 15) is 9.59 Å². The normalized spacial score (nSPS) is 21.4. The molecule has 2 fully saturated rings. The Hall–Kier alpha value is -2.24. The predicted octanol–water partition coefficient (Wildman–Crippen LogP) is 2.95. The molecule has 2 N–H and O–H groups in total. The largest absolute Gasteiger partial charge is 0.488 e. The first-order valence-corrected chi connectivity index (χ1v) is 8.18. The van der Waals surface area contributed by atoms with E-state index < -0.39 is 11.9 Å². The minimum Gasteiger partial charge on any atom is -0.488 e. The number of amides is 2. The number of carbonyl (C=O) groups is 2. The smallest absolute Gasteiger partial charge is 0.321 e. The van der Waals surface area contributed by atoms with Crippen molar-refractivity contribution >= 4 is 17.7 Å². The quantitative estimate of drug-likeness (QED) is 0.894. The van der Waals surface area contributed by atoms with Crippen molar-refractivity contribution < 1.29 is 19.4 Å². The molecule has 2 amide bonds. The molecule has 0 aromatic heterocycles. The number of carboxylic acid groups (broad SMARTS) is 1. The summed E-state index contributed by atoms with van der Waals surface area (Å²) in [5.74, 6) is -0.627. The maximum atomic E-state index is 12.3. The Morgan fingerprint density at radius 2 is 1.91 bits per heavy atom. The molecule has 0 bridgehead atoms. The molecule has 1 aromatic rings. The summed E-state index contributed by atoms with van der Waals surface area (Å²) in [5, 5.41) is 11.9. The Bertz CT molecular complexity index is 584. The van der Waals surface area contributed by atoms with Gasteiger partial charge in [-0.3, -0.25) is 4.79 Å². The molecule has 1 saturated carbocycles.